The minimum absolute atomic E-state index is 0.0278. The topological polar surface area (TPSA) is 92.9 Å². The van der Waals surface area contributed by atoms with Gasteiger partial charge in [0.2, 0.25) is 0 Å². The maximum Gasteiger partial charge on any atom is 0.270 e. The Morgan fingerprint density at radius 1 is 1.52 bits per heavy atom. The summed E-state index contributed by atoms with van der Waals surface area (Å²) in [6.45, 7) is 0.455. The summed E-state index contributed by atoms with van der Waals surface area (Å²) in [5, 5.41) is 12.1. The van der Waals surface area contributed by atoms with E-state index in [9.17, 15) is 14.7 Å². The molecule has 21 heavy (non-hydrogen) atoms. The summed E-state index contributed by atoms with van der Waals surface area (Å²) in [6.07, 6.45) is 2.52. The van der Waals surface area contributed by atoms with E-state index < -0.39 is 17.6 Å². The molecule has 0 saturated carbocycles. The first kappa shape index (κ1) is 15.1. The summed E-state index contributed by atoms with van der Waals surface area (Å²) in [5.74, 6) is -0.504. The van der Waals surface area contributed by atoms with E-state index in [1.54, 1.807) is 24.4 Å². The standard InChI is InChI=1S/C14H17N3O4/c1-21-9-10(18)5-6-15-13(19)11-8-16-12-4-2-3-7-17(12)14(11)20/h2-4,7-8,10,18H,5-6,9H2,1H3,(H,15,19). The van der Waals surface area contributed by atoms with Gasteiger partial charge in [-0.25, -0.2) is 4.98 Å². The number of ether oxygens (including phenoxy) is 1. The fourth-order valence-corrected chi connectivity index (χ4v) is 1.91. The van der Waals surface area contributed by atoms with E-state index in [1.807, 2.05) is 0 Å². The third-order valence-electron chi connectivity index (χ3n) is 2.98. The molecule has 0 radical (unpaired) electrons. The van der Waals surface area contributed by atoms with Gasteiger partial charge in [0, 0.05) is 26.0 Å². The molecule has 0 aliphatic carbocycles. The van der Waals surface area contributed by atoms with Gasteiger partial charge in [0.15, 0.2) is 0 Å². The number of hydrogen-bond acceptors (Lipinski definition) is 5. The number of fused-ring (bicyclic) bond motifs is 1. The van der Waals surface area contributed by atoms with Crippen LogP contribution in [-0.4, -0.2) is 46.8 Å². The minimum atomic E-state index is -0.647. The van der Waals surface area contributed by atoms with Crippen molar-refractivity contribution >= 4 is 11.6 Å². The van der Waals surface area contributed by atoms with Gasteiger partial charge >= 0.3 is 0 Å². The lowest BCUT2D eigenvalue weighted by molar-refractivity contribution is 0.0587. The van der Waals surface area contributed by atoms with E-state index in [4.69, 9.17) is 4.74 Å². The molecule has 112 valence electrons. The first-order chi connectivity index (χ1) is 10.1. The van der Waals surface area contributed by atoms with Crippen LogP contribution >= 0.6 is 0 Å². The van der Waals surface area contributed by atoms with Crippen molar-refractivity contribution in [1.29, 1.82) is 0 Å². The molecule has 7 heteroatoms. The zero-order valence-electron chi connectivity index (χ0n) is 11.7. The highest BCUT2D eigenvalue weighted by atomic mass is 16.5. The minimum Gasteiger partial charge on any atom is -0.391 e. The van der Waals surface area contributed by atoms with E-state index in [2.05, 4.69) is 10.3 Å². The average molecular weight is 291 g/mol. The highest BCUT2D eigenvalue weighted by Gasteiger charge is 2.13. The van der Waals surface area contributed by atoms with E-state index in [0.717, 1.165) is 0 Å². The largest absolute Gasteiger partial charge is 0.391 e. The molecule has 0 aliphatic rings. The average Bonchev–Trinajstić information content (AvgIpc) is 2.48. The third kappa shape index (κ3) is 3.65. The van der Waals surface area contributed by atoms with Gasteiger partial charge in [0.25, 0.3) is 11.5 Å². The quantitative estimate of drug-likeness (QED) is 0.770. The molecule has 0 bridgehead atoms. The van der Waals surface area contributed by atoms with Crippen molar-refractivity contribution in [3.63, 3.8) is 0 Å². The van der Waals surface area contributed by atoms with Crippen LogP contribution in [0.3, 0.4) is 0 Å². The van der Waals surface area contributed by atoms with Crippen LogP contribution in [0.25, 0.3) is 5.65 Å². The summed E-state index contributed by atoms with van der Waals surface area (Å²) in [7, 11) is 1.49. The number of aromatic nitrogens is 2. The summed E-state index contributed by atoms with van der Waals surface area (Å²) in [5.41, 5.74) is 0.0324. The number of aliphatic hydroxyl groups excluding tert-OH is 1. The lowest BCUT2D eigenvalue weighted by Gasteiger charge is -2.10. The van der Waals surface area contributed by atoms with Gasteiger partial charge in [-0.05, 0) is 18.6 Å². The molecule has 2 aromatic heterocycles. The number of nitrogens with zero attached hydrogens (tertiary/aromatic N) is 2. The molecule has 1 amide bonds. The number of carbonyl (C=O) groups is 1. The molecule has 0 fully saturated rings. The molecule has 2 aromatic rings. The van der Waals surface area contributed by atoms with Crippen LogP contribution in [-0.2, 0) is 4.74 Å². The van der Waals surface area contributed by atoms with Crippen LogP contribution in [0.2, 0.25) is 0 Å². The van der Waals surface area contributed by atoms with Crippen molar-refractivity contribution in [2.45, 2.75) is 12.5 Å². The van der Waals surface area contributed by atoms with Crippen molar-refractivity contribution in [3.05, 3.63) is 46.5 Å². The van der Waals surface area contributed by atoms with Crippen molar-refractivity contribution in [2.75, 3.05) is 20.3 Å². The zero-order valence-corrected chi connectivity index (χ0v) is 11.7. The smallest absolute Gasteiger partial charge is 0.270 e. The highest BCUT2D eigenvalue weighted by molar-refractivity contribution is 5.93. The number of hydrogen-bond donors (Lipinski definition) is 2. The molecular formula is C14H17N3O4. The zero-order chi connectivity index (χ0) is 15.2. The van der Waals surface area contributed by atoms with Gasteiger partial charge in [-0.1, -0.05) is 6.07 Å². The number of aliphatic hydroxyl groups is 1. The van der Waals surface area contributed by atoms with Crippen molar-refractivity contribution in [3.8, 4) is 0 Å². The normalized spacial score (nSPS) is 12.3. The Bertz CT molecular complexity index is 683. The SMILES string of the molecule is COCC(O)CCNC(=O)c1cnc2ccccn2c1=O. The van der Waals surface area contributed by atoms with E-state index in [1.165, 1.54) is 17.7 Å². The number of carbonyl (C=O) groups excluding carboxylic acids is 1. The summed E-state index contributed by atoms with van der Waals surface area (Å²) >= 11 is 0. The molecule has 7 nitrogen and oxygen atoms in total. The Morgan fingerprint density at radius 3 is 3.10 bits per heavy atom. The second-order valence-electron chi connectivity index (χ2n) is 4.56. The Morgan fingerprint density at radius 2 is 2.33 bits per heavy atom. The fourth-order valence-electron chi connectivity index (χ4n) is 1.91. The van der Waals surface area contributed by atoms with Gasteiger partial charge in [0.05, 0.1) is 12.7 Å². The van der Waals surface area contributed by atoms with Crippen LogP contribution in [0.1, 0.15) is 16.8 Å². The maximum atomic E-state index is 12.2. The van der Waals surface area contributed by atoms with Crippen molar-refractivity contribution in [1.82, 2.24) is 14.7 Å². The molecule has 0 spiro atoms. The molecule has 0 aromatic carbocycles. The molecule has 0 aliphatic heterocycles. The third-order valence-corrected chi connectivity index (χ3v) is 2.98. The molecule has 2 N–H and O–H groups in total. The maximum absolute atomic E-state index is 12.2. The second-order valence-corrected chi connectivity index (χ2v) is 4.56. The van der Waals surface area contributed by atoms with Crippen LogP contribution in [0, 0.1) is 0 Å². The number of methoxy groups -OCH3 is 1. The van der Waals surface area contributed by atoms with Crippen molar-refractivity contribution < 1.29 is 14.6 Å². The lowest BCUT2D eigenvalue weighted by atomic mass is 10.2. The van der Waals surface area contributed by atoms with E-state index in [0.29, 0.717) is 12.1 Å². The Labute approximate surface area is 121 Å². The molecular weight excluding hydrogens is 274 g/mol. The molecule has 1 unspecified atom stereocenters. The highest BCUT2D eigenvalue weighted by Crippen LogP contribution is 1.98. The van der Waals surface area contributed by atoms with Crippen LogP contribution < -0.4 is 10.9 Å². The number of pyridine rings is 1. The van der Waals surface area contributed by atoms with Crippen molar-refractivity contribution in [2.24, 2.45) is 0 Å². The Hall–Kier alpha value is -2.25. The van der Waals surface area contributed by atoms with Crippen LogP contribution in [0.15, 0.2) is 35.4 Å². The number of nitrogens with one attached hydrogen (secondary N) is 1. The second kappa shape index (κ2) is 6.96. The van der Waals surface area contributed by atoms with E-state index in [-0.39, 0.29) is 18.7 Å². The number of amides is 1. The summed E-state index contributed by atoms with van der Waals surface area (Å²) in [6, 6.07) is 5.14. The predicted octanol–water partition coefficient (Wildman–Crippen LogP) is -0.178. The van der Waals surface area contributed by atoms with Crippen LogP contribution in [0.5, 0.6) is 0 Å². The molecule has 0 saturated heterocycles. The molecule has 2 rings (SSSR count). The fraction of sp³-hybridized carbons (Fsp3) is 0.357. The molecule has 2 heterocycles. The predicted molar refractivity (Wildman–Crippen MR) is 76.3 cm³/mol. The Balaban J connectivity index is 2.06. The van der Waals surface area contributed by atoms with Gasteiger partial charge in [-0.3, -0.25) is 14.0 Å². The lowest BCUT2D eigenvalue weighted by Crippen LogP contribution is -2.33. The first-order valence-corrected chi connectivity index (χ1v) is 6.55. The van der Waals surface area contributed by atoms with E-state index >= 15 is 0 Å². The van der Waals surface area contributed by atoms with Gasteiger partial charge in [-0.15, -0.1) is 0 Å². The van der Waals surface area contributed by atoms with Gasteiger partial charge in [-0.2, -0.15) is 0 Å². The summed E-state index contributed by atoms with van der Waals surface area (Å²) in [4.78, 5) is 28.2. The van der Waals surface area contributed by atoms with Gasteiger partial charge < -0.3 is 15.2 Å². The van der Waals surface area contributed by atoms with Crippen LogP contribution in [0.4, 0.5) is 0 Å². The summed E-state index contributed by atoms with van der Waals surface area (Å²) < 4.78 is 6.10. The number of rotatable bonds is 6. The monoisotopic (exact) mass is 291 g/mol. The molecule has 1 atom stereocenters. The van der Waals surface area contributed by atoms with Gasteiger partial charge in [0.1, 0.15) is 11.2 Å². The Kier molecular flexibility index (Phi) is 5.02. The first-order valence-electron chi connectivity index (χ1n) is 6.55.